The molecule has 3 rings (SSSR count). The van der Waals surface area contributed by atoms with E-state index in [2.05, 4.69) is 28.6 Å². The van der Waals surface area contributed by atoms with Crippen molar-refractivity contribution in [2.45, 2.75) is 32.4 Å². The van der Waals surface area contributed by atoms with Crippen molar-refractivity contribution in [3.8, 4) is 5.75 Å². The minimum Gasteiger partial charge on any atom is -0.487 e. The Balaban J connectivity index is 1.69. The van der Waals surface area contributed by atoms with Crippen LogP contribution in [0.3, 0.4) is 0 Å². The Kier molecular flexibility index (Phi) is 2.59. The Morgan fingerprint density at radius 3 is 3.06 bits per heavy atom. The van der Waals surface area contributed by atoms with E-state index in [1.165, 1.54) is 18.4 Å². The van der Waals surface area contributed by atoms with Crippen molar-refractivity contribution in [2.24, 2.45) is 0 Å². The molecule has 0 saturated heterocycles. The molecule has 0 bridgehead atoms. The fourth-order valence-corrected chi connectivity index (χ4v) is 1.99. The summed E-state index contributed by atoms with van der Waals surface area (Å²) in [6.45, 7) is 2.67. The van der Waals surface area contributed by atoms with Crippen molar-refractivity contribution in [3.63, 3.8) is 0 Å². The van der Waals surface area contributed by atoms with Crippen LogP contribution >= 0.6 is 0 Å². The number of nitrogens with zero attached hydrogens (tertiary/aromatic N) is 2. The molecule has 0 amide bonds. The zero-order valence-electron chi connectivity index (χ0n) is 9.97. The molecular formula is C14H16N2O. The van der Waals surface area contributed by atoms with Gasteiger partial charge in [-0.2, -0.15) is 0 Å². The molecule has 1 aliphatic carbocycles. The molecule has 1 fully saturated rings. The van der Waals surface area contributed by atoms with Crippen LogP contribution in [0.2, 0.25) is 0 Å². The molecule has 1 saturated carbocycles. The van der Waals surface area contributed by atoms with Crippen LogP contribution in [0.5, 0.6) is 5.75 Å². The Labute approximate surface area is 101 Å². The molecule has 3 nitrogen and oxygen atoms in total. The van der Waals surface area contributed by atoms with E-state index in [0.717, 1.165) is 11.4 Å². The van der Waals surface area contributed by atoms with Gasteiger partial charge in [-0.1, -0.05) is 12.1 Å². The third-order valence-corrected chi connectivity index (χ3v) is 3.06. The van der Waals surface area contributed by atoms with Crippen molar-refractivity contribution < 1.29 is 4.74 Å². The topological polar surface area (TPSA) is 27.1 Å². The van der Waals surface area contributed by atoms with E-state index in [0.29, 0.717) is 12.6 Å². The summed E-state index contributed by atoms with van der Waals surface area (Å²) in [4.78, 5) is 4.20. The highest BCUT2D eigenvalue weighted by atomic mass is 16.5. The zero-order chi connectivity index (χ0) is 11.7. The lowest BCUT2D eigenvalue weighted by Gasteiger charge is -2.09. The highest BCUT2D eigenvalue weighted by Crippen LogP contribution is 2.35. The molecule has 3 heteroatoms. The minimum atomic E-state index is 0.597. The summed E-state index contributed by atoms with van der Waals surface area (Å²) in [7, 11) is 0. The lowest BCUT2D eigenvalue weighted by molar-refractivity contribution is 0.294. The Morgan fingerprint density at radius 2 is 2.29 bits per heavy atom. The lowest BCUT2D eigenvalue weighted by Crippen LogP contribution is -2.03. The molecule has 17 heavy (non-hydrogen) atoms. The average Bonchev–Trinajstić information content (AvgIpc) is 3.06. The molecule has 0 unspecified atom stereocenters. The van der Waals surface area contributed by atoms with Crippen LogP contribution in [-0.2, 0) is 6.61 Å². The van der Waals surface area contributed by atoms with Crippen LogP contribution in [-0.4, -0.2) is 9.55 Å². The van der Waals surface area contributed by atoms with Gasteiger partial charge in [0.2, 0.25) is 0 Å². The largest absolute Gasteiger partial charge is 0.487 e. The SMILES string of the molecule is Cc1cccc(OCc2cncn2C2CC2)c1. The number of ether oxygens (including phenoxy) is 1. The molecule has 1 aromatic carbocycles. The number of rotatable bonds is 4. The summed E-state index contributed by atoms with van der Waals surface area (Å²) in [5.41, 5.74) is 2.38. The van der Waals surface area contributed by atoms with Crippen molar-refractivity contribution >= 4 is 0 Å². The van der Waals surface area contributed by atoms with E-state index in [-0.39, 0.29) is 0 Å². The normalized spacial score (nSPS) is 14.9. The number of hydrogen-bond donors (Lipinski definition) is 0. The predicted octanol–water partition coefficient (Wildman–Crippen LogP) is 3.11. The molecule has 0 spiro atoms. The van der Waals surface area contributed by atoms with Crippen LogP contribution < -0.4 is 4.74 Å². The number of aryl methyl sites for hydroxylation is 1. The fraction of sp³-hybridized carbons (Fsp3) is 0.357. The van der Waals surface area contributed by atoms with Gasteiger partial charge in [-0.25, -0.2) is 4.98 Å². The third kappa shape index (κ3) is 2.33. The van der Waals surface area contributed by atoms with Gasteiger partial charge in [0.05, 0.1) is 18.2 Å². The maximum absolute atomic E-state index is 5.79. The Morgan fingerprint density at radius 1 is 1.41 bits per heavy atom. The van der Waals surface area contributed by atoms with E-state index in [9.17, 15) is 0 Å². The minimum absolute atomic E-state index is 0.597. The van der Waals surface area contributed by atoms with E-state index < -0.39 is 0 Å². The van der Waals surface area contributed by atoms with Gasteiger partial charge in [0.1, 0.15) is 12.4 Å². The van der Waals surface area contributed by atoms with Gasteiger partial charge in [-0.05, 0) is 37.5 Å². The predicted molar refractivity (Wildman–Crippen MR) is 66.0 cm³/mol. The fourth-order valence-electron chi connectivity index (χ4n) is 1.99. The van der Waals surface area contributed by atoms with Gasteiger partial charge in [-0.15, -0.1) is 0 Å². The van der Waals surface area contributed by atoms with E-state index in [4.69, 9.17) is 4.74 Å². The summed E-state index contributed by atoms with van der Waals surface area (Å²) in [5.74, 6) is 0.925. The van der Waals surface area contributed by atoms with E-state index in [1.807, 2.05) is 24.7 Å². The van der Waals surface area contributed by atoms with Gasteiger partial charge in [0, 0.05) is 6.04 Å². The average molecular weight is 228 g/mol. The van der Waals surface area contributed by atoms with Crippen molar-refractivity contribution in [3.05, 3.63) is 48.0 Å². The molecule has 88 valence electrons. The van der Waals surface area contributed by atoms with Crippen molar-refractivity contribution in [1.82, 2.24) is 9.55 Å². The molecule has 1 aliphatic rings. The van der Waals surface area contributed by atoms with Crippen LogP contribution in [0.1, 0.15) is 30.1 Å². The molecule has 2 aromatic rings. The molecule has 1 aromatic heterocycles. The van der Waals surface area contributed by atoms with Crippen molar-refractivity contribution in [2.75, 3.05) is 0 Å². The quantitative estimate of drug-likeness (QED) is 0.804. The second-order valence-electron chi connectivity index (χ2n) is 4.63. The molecule has 0 atom stereocenters. The summed E-state index contributed by atoms with van der Waals surface area (Å²) in [5, 5.41) is 0. The lowest BCUT2D eigenvalue weighted by atomic mass is 10.2. The first kappa shape index (κ1) is 10.4. The maximum atomic E-state index is 5.79. The van der Waals surface area contributed by atoms with Crippen LogP contribution in [0, 0.1) is 6.92 Å². The van der Waals surface area contributed by atoms with Gasteiger partial charge in [0.15, 0.2) is 0 Å². The molecular weight excluding hydrogens is 212 g/mol. The highest BCUT2D eigenvalue weighted by Gasteiger charge is 2.25. The molecule has 1 heterocycles. The van der Waals surface area contributed by atoms with Gasteiger partial charge < -0.3 is 9.30 Å². The number of benzene rings is 1. The van der Waals surface area contributed by atoms with Gasteiger partial charge in [0.25, 0.3) is 0 Å². The Hall–Kier alpha value is -1.77. The monoisotopic (exact) mass is 228 g/mol. The van der Waals surface area contributed by atoms with Gasteiger partial charge >= 0.3 is 0 Å². The second kappa shape index (κ2) is 4.24. The summed E-state index contributed by atoms with van der Waals surface area (Å²) >= 11 is 0. The first-order valence-corrected chi connectivity index (χ1v) is 6.03. The number of hydrogen-bond acceptors (Lipinski definition) is 2. The smallest absolute Gasteiger partial charge is 0.130 e. The summed E-state index contributed by atoms with van der Waals surface area (Å²) in [6, 6.07) is 8.79. The standard InChI is InChI=1S/C14H16N2O/c1-11-3-2-4-14(7-11)17-9-13-8-15-10-16(13)12-5-6-12/h2-4,7-8,10,12H,5-6,9H2,1H3. The first-order valence-electron chi connectivity index (χ1n) is 6.03. The number of imidazole rings is 1. The van der Waals surface area contributed by atoms with E-state index >= 15 is 0 Å². The van der Waals surface area contributed by atoms with Crippen LogP contribution in [0.25, 0.3) is 0 Å². The van der Waals surface area contributed by atoms with E-state index in [1.54, 1.807) is 0 Å². The van der Waals surface area contributed by atoms with Crippen LogP contribution in [0.4, 0.5) is 0 Å². The highest BCUT2D eigenvalue weighted by molar-refractivity contribution is 5.27. The molecule has 0 radical (unpaired) electrons. The van der Waals surface area contributed by atoms with Crippen LogP contribution in [0.15, 0.2) is 36.8 Å². The summed E-state index contributed by atoms with van der Waals surface area (Å²) < 4.78 is 8.02. The zero-order valence-corrected chi connectivity index (χ0v) is 9.97. The second-order valence-corrected chi connectivity index (χ2v) is 4.63. The summed E-state index contributed by atoms with van der Waals surface area (Å²) in [6.07, 6.45) is 6.35. The Bertz CT molecular complexity index is 514. The maximum Gasteiger partial charge on any atom is 0.130 e. The molecule has 0 N–H and O–H groups in total. The molecule has 0 aliphatic heterocycles. The third-order valence-electron chi connectivity index (χ3n) is 3.06. The number of aromatic nitrogens is 2. The van der Waals surface area contributed by atoms with Gasteiger partial charge in [-0.3, -0.25) is 0 Å². The first-order chi connectivity index (χ1) is 8.33. The van der Waals surface area contributed by atoms with Crippen molar-refractivity contribution in [1.29, 1.82) is 0 Å².